The summed E-state index contributed by atoms with van der Waals surface area (Å²) in [5.41, 5.74) is 6.69. The van der Waals surface area contributed by atoms with E-state index in [1.165, 1.54) is 12.1 Å². The lowest BCUT2D eigenvalue weighted by atomic mass is 10.1. The number of alkyl halides is 3. The molecule has 0 saturated heterocycles. The summed E-state index contributed by atoms with van der Waals surface area (Å²) in [7, 11) is 0. The Morgan fingerprint density at radius 1 is 1.21 bits per heavy atom. The summed E-state index contributed by atoms with van der Waals surface area (Å²) in [6.07, 6.45) is -2.49. The fourth-order valence-corrected chi connectivity index (χ4v) is 2.03. The number of benzene rings is 1. The van der Waals surface area contributed by atoms with E-state index in [1.54, 1.807) is 6.07 Å². The monoisotopic (exact) mass is 268 g/mol. The van der Waals surface area contributed by atoms with E-state index in [2.05, 4.69) is 0 Å². The summed E-state index contributed by atoms with van der Waals surface area (Å²) in [6, 6.07) is 8.91. The molecule has 0 saturated carbocycles. The van der Waals surface area contributed by atoms with Gasteiger partial charge in [-0.05, 0) is 36.8 Å². The van der Waals surface area contributed by atoms with Gasteiger partial charge in [-0.2, -0.15) is 13.2 Å². The summed E-state index contributed by atoms with van der Waals surface area (Å²) >= 11 is 0. The van der Waals surface area contributed by atoms with Gasteiger partial charge in [-0.25, -0.2) is 0 Å². The molecule has 0 spiro atoms. The molecule has 1 atom stereocenters. The molecular formula is C14H15F3N2. The van der Waals surface area contributed by atoms with Gasteiger partial charge < -0.3 is 10.3 Å². The predicted octanol–water partition coefficient (Wildman–Crippen LogP) is 3.57. The first-order valence-electron chi connectivity index (χ1n) is 5.94. The molecule has 2 N–H and O–H groups in total. The fourth-order valence-electron chi connectivity index (χ4n) is 2.03. The third-order valence-corrected chi connectivity index (χ3v) is 2.94. The molecule has 1 unspecified atom stereocenters. The van der Waals surface area contributed by atoms with Crippen LogP contribution in [0.5, 0.6) is 0 Å². The molecule has 0 aliphatic rings. The third kappa shape index (κ3) is 3.17. The zero-order valence-corrected chi connectivity index (χ0v) is 10.5. The van der Waals surface area contributed by atoms with Crippen LogP contribution in [0.2, 0.25) is 0 Å². The van der Waals surface area contributed by atoms with Gasteiger partial charge in [0.05, 0.1) is 5.56 Å². The van der Waals surface area contributed by atoms with Crippen LogP contribution in [0.4, 0.5) is 13.2 Å². The normalized spacial score (nSPS) is 13.5. The van der Waals surface area contributed by atoms with E-state index >= 15 is 0 Å². The predicted molar refractivity (Wildman–Crippen MR) is 67.6 cm³/mol. The van der Waals surface area contributed by atoms with Crippen molar-refractivity contribution in [1.29, 1.82) is 0 Å². The average Bonchev–Trinajstić information content (AvgIpc) is 2.76. The lowest BCUT2D eigenvalue weighted by Gasteiger charge is -2.13. The van der Waals surface area contributed by atoms with E-state index in [-0.39, 0.29) is 6.04 Å². The molecule has 0 aliphatic heterocycles. The SMILES string of the molecule is CC(N)c1cccn1Cc1cccc(C(F)(F)F)c1. The highest BCUT2D eigenvalue weighted by molar-refractivity contribution is 5.26. The van der Waals surface area contributed by atoms with Gasteiger partial charge in [0.2, 0.25) is 0 Å². The summed E-state index contributed by atoms with van der Waals surface area (Å²) in [4.78, 5) is 0. The molecule has 1 aromatic heterocycles. The van der Waals surface area contributed by atoms with Crippen LogP contribution in [0.25, 0.3) is 0 Å². The van der Waals surface area contributed by atoms with Crippen molar-refractivity contribution >= 4 is 0 Å². The summed E-state index contributed by atoms with van der Waals surface area (Å²) in [5, 5.41) is 0. The van der Waals surface area contributed by atoms with Gasteiger partial charge in [0.15, 0.2) is 0 Å². The molecule has 0 radical (unpaired) electrons. The van der Waals surface area contributed by atoms with Crippen LogP contribution >= 0.6 is 0 Å². The van der Waals surface area contributed by atoms with E-state index in [9.17, 15) is 13.2 Å². The van der Waals surface area contributed by atoms with Gasteiger partial charge in [0.25, 0.3) is 0 Å². The van der Waals surface area contributed by atoms with Crippen LogP contribution in [0, 0.1) is 0 Å². The number of nitrogens with two attached hydrogens (primary N) is 1. The van der Waals surface area contributed by atoms with Gasteiger partial charge in [-0.1, -0.05) is 12.1 Å². The van der Waals surface area contributed by atoms with Crippen LogP contribution in [0.3, 0.4) is 0 Å². The highest BCUT2D eigenvalue weighted by Crippen LogP contribution is 2.29. The Balaban J connectivity index is 2.26. The van der Waals surface area contributed by atoms with Gasteiger partial charge in [0.1, 0.15) is 0 Å². The molecule has 0 bridgehead atoms. The number of rotatable bonds is 3. The van der Waals surface area contributed by atoms with Gasteiger partial charge in [-0.3, -0.25) is 0 Å². The molecule has 0 aliphatic carbocycles. The second-order valence-corrected chi connectivity index (χ2v) is 4.55. The van der Waals surface area contributed by atoms with Gasteiger partial charge in [0, 0.05) is 24.5 Å². The molecule has 2 rings (SSSR count). The Morgan fingerprint density at radius 2 is 1.95 bits per heavy atom. The lowest BCUT2D eigenvalue weighted by molar-refractivity contribution is -0.137. The van der Waals surface area contributed by atoms with E-state index in [0.29, 0.717) is 12.1 Å². The van der Waals surface area contributed by atoms with E-state index in [4.69, 9.17) is 5.73 Å². The van der Waals surface area contributed by atoms with Crippen molar-refractivity contribution in [3.8, 4) is 0 Å². The Bertz CT molecular complexity index is 556. The molecule has 2 aromatic rings. The van der Waals surface area contributed by atoms with Crippen LogP contribution in [-0.2, 0) is 12.7 Å². The van der Waals surface area contributed by atoms with Crippen molar-refractivity contribution in [3.05, 3.63) is 59.4 Å². The molecule has 19 heavy (non-hydrogen) atoms. The molecule has 0 amide bonds. The Labute approximate surface area is 109 Å². The van der Waals surface area contributed by atoms with Gasteiger partial charge in [-0.15, -0.1) is 0 Å². The molecule has 2 nitrogen and oxygen atoms in total. The topological polar surface area (TPSA) is 30.9 Å². The third-order valence-electron chi connectivity index (χ3n) is 2.94. The number of halogens is 3. The summed E-state index contributed by atoms with van der Waals surface area (Å²) in [5.74, 6) is 0. The maximum atomic E-state index is 12.6. The first-order chi connectivity index (χ1) is 8.88. The van der Waals surface area contributed by atoms with E-state index in [0.717, 1.165) is 11.8 Å². The Morgan fingerprint density at radius 3 is 2.58 bits per heavy atom. The van der Waals surface area contributed by atoms with Crippen molar-refractivity contribution in [2.24, 2.45) is 5.73 Å². The van der Waals surface area contributed by atoms with E-state index in [1.807, 2.05) is 29.8 Å². The quantitative estimate of drug-likeness (QED) is 0.906. The van der Waals surface area contributed by atoms with Crippen LogP contribution in [-0.4, -0.2) is 4.57 Å². The number of hydrogen-bond acceptors (Lipinski definition) is 1. The Kier molecular flexibility index (Phi) is 3.66. The number of hydrogen-bond donors (Lipinski definition) is 1. The molecule has 5 heteroatoms. The molecule has 102 valence electrons. The van der Waals surface area contributed by atoms with Crippen LogP contribution in [0.15, 0.2) is 42.6 Å². The molecular weight excluding hydrogens is 253 g/mol. The standard InChI is InChI=1S/C14H15F3N2/c1-10(18)13-6-3-7-19(13)9-11-4-2-5-12(8-11)14(15,16)17/h2-8,10H,9,18H2,1H3. The average molecular weight is 268 g/mol. The van der Waals surface area contributed by atoms with Crippen LogP contribution in [0.1, 0.15) is 29.8 Å². The highest BCUT2D eigenvalue weighted by Gasteiger charge is 2.30. The van der Waals surface area contributed by atoms with Crippen molar-refractivity contribution in [2.75, 3.05) is 0 Å². The second kappa shape index (κ2) is 5.09. The minimum atomic E-state index is -4.31. The largest absolute Gasteiger partial charge is 0.416 e. The minimum Gasteiger partial charge on any atom is -0.346 e. The first kappa shape index (κ1) is 13.7. The van der Waals surface area contributed by atoms with Crippen molar-refractivity contribution in [2.45, 2.75) is 25.7 Å². The zero-order valence-electron chi connectivity index (χ0n) is 10.5. The summed E-state index contributed by atoms with van der Waals surface area (Å²) < 4.78 is 39.7. The maximum absolute atomic E-state index is 12.6. The highest BCUT2D eigenvalue weighted by atomic mass is 19.4. The zero-order chi connectivity index (χ0) is 14.0. The minimum absolute atomic E-state index is 0.152. The maximum Gasteiger partial charge on any atom is 0.416 e. The Hall–Kier alpha value is -1.75. The fraction of sp³-hybridized carbons (Fsp3) is 0.286. The smallest absolute Gasteiger partial charge is 0.346 e. The van der Waals surface area contributed by atoms with Crippen LogP contribution < -0.4 is 5.73 Å². The summed E-state index contributed by atoms with van der Waals surface area (Å²) in [6.45, 7) is 2.23. The van der Waals surface area contributed by atoms with E-state index < -0.39 is 11.7 Å². The van der Waals surface area contributed by atoms with Gasteiger partial charge >= 0.3 is 6.18 Å². The lowest BCUT2D eigenvalue weighted by Crippen LogP contribution is -2.13. The molecule has 0 fully saturated rings. The molecule has 1 heterocycles. The van der Waals surface area contributed by atoms with Crippen molar-refractivity contribution < 1.29 is 13.2 Å². The van der Waals surface area contributed by atoms with Crippen molar-refractivity contribution in [3.63, 3.8) is 0 Å². The number of aromatic nitrogens is 1. The first-order valence-corrected chi connectivity index (χ1v) is 5.94. The van der Waals surface area contributed by atoms with Crippen molar-refractivity contribution in [1.82, 2.24) is 4.57 Å². The molecule has 1 aromatic carbocycles. The second-order valence-electron chi connectivity index (χ2n) is 4.55. The number of nitrogens with zero attached hydrogens (tertiary/aromatic N) is 1.